The molecule has 2 saturated carbocycles. The average molecular weight is 679 g/mol. The number of carbonyl (C=O) groups is 3. The summed E-state index contributed by atoms with van der Waals surface area (Å²) < 4.78 is 17.0. The van der Waals surface area contributed by atoms with Crippen LogP contribution in [0.4, 0.5) is 11.4 Å². The van der Waals surface area contributed by atoms with Crippen molar-refractivity contribution in [1.82, 2.24) is 9.88 Å². The Morgan fingerprint density at radius 2 is 1.77 bits per heavy atom. The molecule has 2 saturated heterocycles. The first-order valence-corrected chi connectivity index (χ1v) is 17.1. The van der Waals surface area contributed by atoms with Crippen molar-refractivity contribution >= 4 is 52.2 Å². The monoisotopic (exact) mass is 678 g/mol. The molecule has 244 valence electrons. The van der Waals surface area contributed by atoms with Crippen molar-refractivity contribution in [3.05, 3.63) is 72.7 Å². The summed E-state index contributed by atoms with van der Waals surface area (Å²) in [6.45, 7) is 1.89. The van der Waals surface area contributed by atoms with Crippen LogP contribution in [0.15, 0.2) is 52.3 Å². The highest BCUT2D eigenvalue weighted by Gasteiger charge is 2.69. The first kappa shape index (κ1) is 30.1. The first-order valence-electron chi connectivity index (χ1n) is 15.4. The van der Waals surface area contributed by atoms with Crippen LogP contribution in [0.25, 0.3) is 0 Å². The number of methoxy groups -OCH3 is 1. The molecule has 13 nitrogen and oxygen atoms in total. The Morgan fingerprint density at radius 3 is 2.47 bits per heavy atom. The van der Waals surface area contributed by atoms with Gasteiger partial charge in [0, 0.05) is 41.3 Å². The third-order valence-corrected chi connectivity index (χ3v) is 12.9. The Kier molecular flexibility index (Phi) is 7.37. The van der Waals surface area contributed by atoms with E-state index in [0.717, 1.165) is 33.2 Å². The first-order chi connectivity index (χ1) is 22.7. The third-order valence-electron chi connectivity index (χ3n) is 10.3. The number of amides is 3. The van der Waals surface area contributed by atoms with Crippen LogP contribution in [0, 0.1) is 39.7 Å². The van der Waals surface area contributed by atoms with E-state index < -0.39 is 16.8 Å². The highest BCUT2D eigenvalue weighted by atomic mass is 32.2. The molecule has 4 fully saturated rings. The van der Waals surface area contributed by atoms with Gasteiger partial charge in [-0.15, -0.1) is 11.8 Å². The van der Waals surface area contributed by atoms with Gasteiger partial charge in [0.05, 0.1) is 47.8 Å². The van der Waals surface area contributed by atoms with Crippen molar-refractivity contribution < 1.29 is 33.5 Å². The number of imide groups is 1. The van der Waals surface area contributed by atoms with E-state index in [-0.39, 0.29) is 63.8 Å². The van der Waals surface area contributed by atoms with Gasteiger partial charge < -0.3 is 24.1 Å². The number of benzene rings is 2. The van der Waals surface area contributed by atoms with E-state index in [4.69, 9.17) is 14.2 Å². The molecule has 4 heterocycles. The zero-order valence-electron chi connectivity index (χ0n) is 25.2. The highest BCUT2D eigenvalue weighted by Crippen LogP contribution is 2.68. The molecule has 2 bridgehead atoms. The zero-order valence-corrected chi connectivity index (χ0v) is 26.8. The van der Waals surface area contributed by atoms with Crippen LogP contribution in [0.5, 0.6) is 11.5 Å². The Hall–Kier alpha value is -4.21. The summed E-state index contributed by atoms with van der Waals surface area (Å²) in [7, 11) is 1.53. The number of nitrogens with one attached hydrogen (secondary N) is 1. The number of rotatable bonds is 7. The van der Waals surface area contributed by atoms with Gasteiger partial charge in [0.15, 0.2) is 18.1 Å². The van der Waals surface area contributed by atoms with Crippen LogP contribution < -0.4 is 19.2 Å². The molecule has 15 heteroatoms. The SMILES string of the molecule is COc1cc([C@H]2c3sc(=O)[nH]c3SC3C4CC(C5C(=O)N(c6ccc([N+](=O)[O-])cc6)C(=O)C45)C32)ccc1OCC(=O)N1CCOCC1. The summed E-state index contributed by atoms with van der Waals surface area (Å²) in [5.41, 5.74) is 1.12. The number of aromatic nitrogens is 1. The number of thiazole rings is 1. The summed E-state index contributed by atoms with van der Waals surface area (Å²) in [5.74, 6) is -1.25. The maximum Gasteiger partial charge on any atom is 0.305 e. The Morgan fingerprint density at radius 1 is 1.04 bits per heavy atom. The number of non-ortho nitro benzene ring substituents is 1. The molecular formula is C32H30N4O9S2. The summed E-state index contributed by atoms with van der Waals surface area (Å²) in [6.07, 6.45) is 0.723. The predicted octanol–water partition coefficient (Wildman–Crippen LogP) is 3.27. The van der Waals surface area contributed by atoms with E-state index in [0.29, 0.717) is 43.5 Å². The molecule has 3 aromatic rings. The van der Waals surface area contributed by atoms with Gasteiger partial charge >= 0.3 is 4.87 Å². The summed E-state index contributed by atoms with van der Waals surface area (Å²) in [6, 6.07) is 11.1. The number of ether oxygens (including phenoxy) is 3. The molecule has 7 atom stereocenters. The van der Waals surface area contributed by atoms with Gasteiger partial charge in [-0.05, 0) is 54.0 Å². The van der Waals surface area contributed by atoms with E-state index >= 15 is 0 Å². The normalized spacial score (nSPS) is 29.0. The molecular weight excluding hydrogens is 649 g/mol. The number of hydrogen-bond donors (Lipinski definition) is 1. The zero-order chi connectivity index (χ0) is 32.6. The van der Waals surface area contributed by atoms with Crippen molar-refractivity contribution in [3.8, 4) is 11.5 Å². The number of nitro benzene ring substituents is 1. The van der Waals surface area contributed by atoms with Gasteiger partial charge in [-0.3, -0.25) is 34.2 Å². The number of anilines is 1. The second-order valence-electron chi connectivity index (χ2n) is 12.4. The van der Waals surface area contributed by atoms with E-state index in [9.17, 15) is 29.3 Å². The second-order valence-corrected chi connectivity index (χ2v) is 14.6. The number of hydrogen-bond acceptors (Lipinski definition) is 11. The van der Waals surface area contributed by atoms with Crippen LogP contribution >= 0.6 is 23.1 Å². The molecule has 1 aromatic heterocycles. The summed E-state index contributed by atoms with van der Waals surface area (Å²) >= 11 is 2.76. The Bertz CT molecular complexity index is 1850. The third kappa shape index (κ3) is 4.77. The standard InChI is InChI=1S/C32H30N4O9S2/c1-43-21-12-15(2-7-20(21)45-14-22(37)34-8-10-44-11-9-34)23-24-18-13-19(27(24)46-29-28(23)47-32(40)33-29)26-25(18)30(38)35(31(26)39)16-3-5-17(6-4-16)36(41)42/h2-7,12,18-19,23-27H,8-11,13-14H2,1H3,(H,33,40)/t18?,19?,23-,24?,25?,26?,27?/m1/s1. The summed E-state index contributed by atoms with van der Waals surface area (Å²) in [5, 5.41) is 12.0. The van der Waals surface area contributed by atoms with E-state index in [1.54, 1.807) is 22.7 Å². The van der Waals surface area contributed by atoms with Gasteiger partial charge in [0.2, 0.25) is 11.8 Å². The molecule has 47 heavy (non-hydrogen) atoms. The van der Waals surface area contributed by atoms with E-state index in [1.165, 1.54) is 36.3 Å². The maximum atomic E-state index is 14.0. The van der Waals surface area contributed by atoms with Gasteiger partial charge in [0.25, 0.3) is 11.6 Å². The molecule has 3 amide bonds. The lowest BCUT2D eigenvalue weighted by atomic mass is 9.68. The number of carbonyl (C=O) groups excluding carboxylic acids is 3. The lowest BCUT2D eigenvalue weighted by Crippen LogP contribution is -2.43. The maximum absolute atomic E-state index is 14.0. The lowest BCUT2D eigenvalue weighted by molar-refractivity contribution is -0.384. The van der Waals surface area contributed by atoms with E-state index in [1.807, 2.05) is 12.1 Å². The highest BCUT2D eigenvalue weighted by molar-refractivity contribution is 8.00. The van der Waals surface area contributed by atoms with Crippen LogP contribution in [0.3, 0.4) is 0 Å². The van der Waals surface area contributed by atoms with Crippen LogP contribution in [0.1, 0.15) is 22.8 Å². The number of nitro groups is 1. The number of aromatic amines is 1. The van der Waals surface area contributed by atoms with Crippen molar-refractivity contribution in [2.45, 2.75) is 22.6 Å². The molecule has 5 aliphatic rings. The minimum Gasteiger partial charge on any atom is -0.493 e. The van der Waals surface area contributed by atoms with Crippen LogP contribution in [0.2, 0.25) is 0 Å². The van der Waals surface area contributed by atoms with Crippen molar-refractivity contribution in [1.29, 1.82) is 0 Å². The average Bonchev–Trinajstić information content (AvgIpc) is 3.82. The van der Waals surface area contributed by atoms with Crippen molar-refractivity contribution in [2.75, 3.05) is 44.9 Å². The number of fused-ring (bicyclic) bond motifs is 9. The molecule has 6 unspecified atom stereocenters. The fraction of sp³-hybridized carbons (Fsp3) is 0.438. The van der Waals surface area contributed by atoms with Gasteiger partial charge in [-0.1, -0.05) is 17.4 Å². The van der Waals surface area contributed by atoms with Crippen molar-refractivity contribution in [2.24, 2.45) is 29.6 Å². The Labute approximate surface area is 276 Å². The quantitative estimate of drug-likeness (QED) is 0.223. The predicted molar refractivity (Wildman–Crippen MR) is 170 cm³/mol. The van der Waals surface area contributed by atoms with E-state index in [2.05, 4.69) is 4.98 Å². The molecule has 0 radical (unpaired) electrons. The summed E-state index contributed by atoms with van der Waals surface area (Å²) in [4.78, 5) is 70.5. The molecule has 1 N–H and O–H groups in total. The Balaban J connectivity index is 1.10. The van der Waals surface area contributed by atoms with Gasteiger partial charge in [0.1, 0.15) is 0 Å². The fourth-order valence-electron chi connectivity index (χ4n) is 8.41. The van der Waals surface area contributed by atoms with Gasteiger partial charge in [-0.2, -0.15) is 0 Å². The number of morpholine rings is 1. The number of H-pyrrole nitrogens is 1. The van der Waals surface area contributed by atoms with Crippen molar-refractivity contribution in [3.63, 3.8) is 0 Å². The molecule has 2 aliphatic carbocycles. The van der Waals surface area contributed by atoms with Crippen LogP contribution in [-0.4, -0.2) is 77.8 Å². The lowest BCUT2D eigenvalue weighted by Gasteiger charge is -2.43. The molecule has 8 rings (SSSR count). The number of thioether (sulfide) groups is 1. The number of nitrogens with zero attached hydrogens (tertiary/aromatic N) is 3. The molecule has 3 aliphatic heterocycles. The molecule has 2 aromatic carbocycles. The van der Waals surface area contributed by atoms with Crippen LogP contribution in [-0.2, 0) is 19.1 Å². The van der Waals surface area contributed by atoms with Gasteiger partial charge in [-0.25, -0.2) is 0 Å². The molecule has 0 spiro atoms. The smallest absolute Gasteiger partial charge is 0.305 e. The minimum atomic E-state index is -0.518. The fourth-order valence-corrected chi connectivity index (χ4v) is 11.3. The largest absolute Gasteiger partial charge is 0.493 e. The topological polar surface area (TPSA) is 161 Å². The second kappa shape index (κ2) is 11.5. The minimum absolute atomic E-state index is 0.00868.